The molecule has 0 radical (unpaired) electrons. The summed E-state index contributed by atoms with van der Waals surface area (Å²) in [7, 11) is 1.44. The van der Waals surface area contributed by atoms with Gasteiger partial charge in [-0.15, -0.1) is 0 Å². The summed E-state index contributed by atoms with van der Waals surface area (Å²) in [4.78, 5) is 23.1. The highest BCUT2D eigenvalue weighted by atomic mass is 31.2. The van der Waals surface area contributed by atoms with Crippen LogP contribution in [0.4, 0.5) is 0 Å². The number of rotatable bonds is 37. The van der Waals surface area contributed by atoms with Gasteiger partial charge in [-0.25, -0.2) is 4.57 Å². The van der Waals surface area contributed by atoms with Crippen molar-refractivity contribution < 1.29 is 38.0 Å². The SMILES string of the molecule is CCCCCCCCCCCCCCCC(=O)NC(COP(=O)(O)OCC[N+](C)(C)C)C(O)C(O)CCCCCCCCCCCCCC. The number of hydrogen-bond donors (Lipinski definition) is 4. The number of nitrogens with zero attached hydrogens (tertiary/aromatic N) is 1. The third-order valence-corrected chi connectivity index (χ3v) is 10.4. The minimum Gasteiger partial charge on any atom is -0.390 e. The predicted molar refractivity (Wildman–Crippen MR) is 205 cm³/mol. The molecular weight excluding hydrogens is 639 g/mol. The molecule has 4 atom stereocenters. The van der Waals surface area contributed by atoms with Gasteiger partial charge in [0.1, 0.15) is 19.3 Å². The van der Waals surface area contributed by atoms with Crippen LogP contribution in [-0.2, 0) is 18.4 Å². The maximum Gasteiger partial charge on any atom is 0.472 e. The Labute approximate surface area is 302 Å². The van der Waals surface area contributed by atoms with Crippen molar-refractivity contribution in [2.24, 2.45) is 0 Å². The van der Waals surface area contributed by atoms with E-state index in [0.29, 0.717) is 23.9 Å². The Bertz CT molecular complexity index is 796. The average molecular weight is 722 g/mol. The Balaban J connectivity index is 4.56. The monoisotopic (exact) mass is 722 g/mol. The van der Waals surface area contributed by atoms with Gasteiger partial charge in [-0.1, -0.05) is 168 Å². The van der Waals surface area contributed by atoms with Gasteiger partial charge in [-0.3, -0.25) is 13.8 Å². The fraction of sp³-hybridized carbons (Fsp3) is 0.974. The highest BCUT2D eigenvalue weighted by Gasteiger charge is 2.31. The number of unbranched alkanes of at least 4 members (excludes halogenated alkanes) is 23. The van der Waals surface area contributed by atoms with Gasteiger partial charge in [0, 0.05) is 6.42 Å². The molecule has 4 unspecified atom stereocenters. The molecule has 0 aliphatic carbocycles. The van der Waals surface area contributed by atoms with E-state index in [1.54, 1.807) is 0 Å². The summed E-state index contributed by atoms with van der Waals surface area (Å²) in [6.07, 6.45) is 28.6. The molecule has 4 N–H and O–H groups in total. The van der Waals surface area contributed by atoms with Crippen LogP contribution in [0.2, 0.25) is 0 Å². The molecule has 49 heavy (non-hydrogen) atoms. The smallest absolute Gasteiger partial charge is 0.390 e. The van der Waals surface area contributed by atoms with E-state index in [9.17, 15) is 24.5 Å². The maximum atomic E-state index is 12.8. The topological polar surface area (TPSA) is 125 Å². The molecule has 0 bridgehead atoms. The normalized spacial score (nSPS) is 15.2. The first-order valence-corrected chi connectivity index (χ1v) is 22.0. The second-order valence-electron chi connectivity index (χ2n) is 15.5. The van der Waals surface area contributed by atoms with Gasteiger partial charge in [-0.05, 0) is 12.8 Å². The van der Waals surface area contributed by atoms with Crippen LogP contribution in [0.15, 0.2) is 0 Å². The molecule has 0 saturated heterocycles. The zero-order chi connectivity index (χ0) is 36.6. The van der Waals surface area contributed by atoms with Gasteiger partial charge < -0.3 is 24.9 Å². The van der Waals surface area contributed by atoms with E-state index in [0.717, 1.165) is 38.5 Å². The summed E-state index contributed by atoms with van der Waals surface area (Å²) in [6, 6.07) is -1.02. The standard InChI is InChI=1S/C39H81N2O7P/c1-6-8-10-12-14-16-18-20-22-24-26-28-30-32-38(43)40-36(35-48-49(45,46)47-34-33-41(3,4)5)39(44)37(42)31-29-27-25-23-21-19-17-15-13-11-9-7-2/h36-37,39,42,44H,6-35H2,1-5H3,(H-,40,43,45,46)/p+1. The minimum absolute atomic E-state index is 0.0253. The summed E-state index contributed by atoms with van der Waals surface area (Å²) < 4.78 is 23.4. The van der Waals surface area contributed by atoms with E-state index < -0.39 is 32.7 Å². The number of phosphoric acid groups is 1. The second kappa shape index (κ2) is 32.1. The van der Waals surface area contributed by atoms with E-state index >= 15 is 0 Å². The molecule has 0 saturated carbocycles. The molecule has 9 nitrogen and oxygen atoms in total. The number of likely N-dealkylation sites (N-methyl/N-ethyl adjacent to an activating group) is 1. The van der Waals surface area contributed by atoms with Crippen LogP contribution in [0.3, 0.4) is 0 Å². The number of carbonyl (C=O) groups excluding carboxylic acids is 1. The third-order valence-electron chi connectivity index (χ3n) is 9.45. The Kier molecular flexibility index (Phi) is 31.8. The summed E-state index contributed by atoms with van der Waals surface area (Å²) in [5.74, 6) is -0.257. The summed E-state index contributed by atoms with van der Waals surface area (Å²) in [5.41, 5.74) is 0. The molecule has 0 fully saturated rings. The van der Waals surface area contributed by atoms with E-state index in [2.05, 4.69) is 19.2 Å². The van der Waals surface area contributed by atoms with Crippen LogP contribution in [0.1, 0.15) is 187 Å². The second-order valence-corrected chi connectivity index (χ2v) is 17.0. The lowest BCUT2D eigenvalue weighted by molar-refractivity contribution is -0.870. The number of carbonyl (C=O) groups is 1. The number of aliphatic hydroxyl groups excluding tert-OH is 2. The van der Waals surface area contributed by atoms with Gasteiger partial charge in [0.25, 0.3) is 0 Å². The Morgan fingerprint density at radius 3 is 1.43 bits per heavy atom. The van der Waals surface area contributed by atoms with Gasteiger partial charge in [0.05, 0.1) is 39.9 Å². The number of nitrogens with one attached hydrogen (secondary N) is 1. The first kappa shape index (κ1) is 48.5. The molecule has 1 amide bonds. The van der Waals surface area contributed by atoms with Crippen molar-refractivity contribution in [3.8, 4) is 0 Å². The third kappa shape index (κ3) is 33.1. The molecule has 294 valence electrons. The molecular formula is C39H82N2O7P+. The molecule has 0 aliphatic rings. The molecule has 0 aromatic carbocycles. The first-order valence-electron chi connectivity index (χ1n) is 20.5. The molecule has 0 aliphatic heterocycles. The summed E-state index contributed by atoms with van der Waals surface area (Å²) in [6.45, 7) is 4.59. The number of amides is 1. The molecule has 0 rings (SSSR count). The molecule has 0 spiro atoms. The number of quaternary nitrogens is 1. The largest absolute Gasteiger partial charge is 0.472 e. The lowest BCUT2D eigenvalue weighted by atomic mass is 9.99. The first-order chi connectivity index (χ1) is 23.4. The molecule has 10 heteroatoms. The summed E-state index contributed by atoms with van der Waals surface area (Å²) in [5, 5.41) is 24.6. The zero-order valence-electron chi connectivity index (χ0n) is 32.8. The van der Waals surface area contributed by atoms with Crippen LogP contribution in [-0.4, -0.2) is 84.6 Å². The molecule has 0 aromatic heterocycles. The molecule has 0 heterocycles. The van der Waals surface area contributed by atoms with Crippen molar-refractivity contribution in [1.82, 2.24) is 5.32 Å². The van der Waals surface area contributed by atoms with Crippen LogP contribution in [0.25, 0.3) is 0 Å². The van der Waals surface area contributed by atoms with E-state index in [4.69, 9.17) is 9.05 Å². The van der Waals surface area contributed by atoms with Crippen molar-refractivity contribution in [2.75, 3.05) is 40.9 Å². The summed E-state index contributed by atoms with van der Waals surface area (Å²) >= 11 is 0. The van der Waals surface area contributed by atoms with E-state index in [1.165, 1.54) is 122 Å². The highest BCUT2D eigenvalue weighted by molar-refractivity contribution is 7.47. The van der Waals surface area contributed by atoms with Crippen molar-refractivity contribution in [1.29, 1.82) is 0 Å². The Morgan fingerprint density at radius 1 is 0.633 bits per heavy atom. The van der Waals surface area contributed by atoms with E-state index in [1.807, 2.05) is 21.1 Å². The van der Waals surface area contributed by atoms with Gasteiger partial charge in [0.2, 0.25) is 5.91 Å². The quantitative estimate of drug-likeness (QED) is 0.0286. The molecule has 0 aromatic rings. The Morgan fingerprint density at radius 2 is 1.02 bits per heavy atom. The number of phosphoric ester groups is 1. The fourth-order valence-corrected chi connectivity index (χ4v) is 6.82. The van der Waals surface area contributed by atoms with E-state index in [-0.39, 0.29) is 12.5 Å². The highest BCUT2D eigenvalue weighted by Crippen LogP contribution is 2.43. The predicted octanol–water partition coefficient (Wildman–Crippen LogP) is 9.61. The van der Waals surface area contributed by atoms with Crippen molar-refractivity contribution in [3.05, 3.63) is 0 Å². The van der Waals surface area contributed by atoms with Crippen molar-refractivity contribution in [2.45, 2.75) is 205 Å². The van der Waals surface area contributed by atoms with Crippen LogP contribution < -0.4 is 5.32 Å². The van der Waals surface area contributed by atoms with Gasteiger partial charge in [-0.2, -0.15) is 0 Å². The van der Waals surface area contributed by atoms with Crippen molar-refractivity contribution >= 4 is 13.7 Å². The lowest BCUT2D eigenvalue weighted by Gasteiger charge is -2.28. The minimum atomic E-state index is -4.40. The van der Waals surface area contributed by atoms with Crippen LogP contribution >= 0.6 is 7.82 Å². The maximum absolute atomic E-state index is 12.8. The number of aliphatic hydroxyl groups is 2. The Hall–Kier alpha value is -0.540. The number of hydrogen-bond acceptors (Lipinski definition) is 6. The van der Waals surface area contributed by atoms with Crippen LogP contribution in [0, 0.1) is 0 Å². The average Bonchev–Trinajstić information content (AvgIpc) is 3.04. The van der Waals surface area contributed by atoms with Gasteiger partial charge >= 0.3 is 7.82 Å². The lowest BCUT2D eigenvalue weighted by Crippen LogP contribution is -2.51. The van der Waals surface area contributed by atoms with Crippen LogP contribution in [0.5, 0.6) is 0 Å². The van der Waals surface area contributed by atoms with Gasteiger partial charge in [0.15, 0.2) is 0 Å². The zero-order valence-corrected chi connectivity index (χ0v) is 33.7. The fourth-order valence-electron chi connectivity index (χ4n) is 6.08. The van der Waals surface area contributed by atoms with Crippen molar-refractivity contribution in [3.63, 3.8) is 0 Å².